The number of urea groups is 1. The molecule has 2 fully saturated rings. The molecule has 0 atom stereocenters. The van der Waals surface area contributed by atoms with Gasteiger partial charge in [-0.3, -0.25) is 4.90 Å². The monoisotopic (exact) mass is 272 g/mol. The van der Waals surface area contributed by atoms with E-state index in [1.807, 2.05) is 9.80 Å². The van der Waals surface area contributed by atoms with Crippen LogP contribution in [-0.2, 0) is 4.74 Å². The third-order valence-electron chi connectivity index (χ3n) is 3.30. The van der Waals surface area contributed by atoms with Crippen LogP contribution in [0.5, 0.6) is 0 Å². The van der Waals surface area contributed by atoms with Crippen molar-refractivity contribution in [3.05, 3.63) is 0 Å². The van der Waals surface area contributed by atoms with Gasteiger partial charge in [-0.05, 0) is 0 Å². The van der Waals surface area contributed by atoms with Gasteiger partial charge < -0.3 is 20.3 Å². The van der Waals surface area contributed by atoms with Crippen molar-refractivity contribution in [1.29, 1.82) is 0 Å². The predicted molar refractivity (Wildman–Crippen MR) is 72.6 cm³/mol. The van der Waals surface area contributed by atoms with Gasteiger partial charge >= 0.3 is 6.03 Å². The van der Waals surface area contributed by atoms with Crippen molar-refractivity contribution in [2.45, 2.75) is 0 Å². The van der Waals surface area contributed by atoms with Crippen molar-refractivity contribution in [1.82, 2.24) is 14.7 Å². The number of nitrogens with two attached hydrogens (primary N) is 1. The molecule has 0 aromatic rings. The first-order valence-electron chi connectivity index (χ1n) is 6.29. The van der Waals surface area contributed by atoms with E-state index in [4.69, 9.17) is 22.7 Å². The standard InChI is InChI=1S/C11H20N4O2S/c12-10(18)9-13-1-3-14(4-2-13)11(16)15-5-7-17-8-6-15/h1-9H2,(H2,12,18). The van der Waals surface area contributed by atoms with Gasteiger partial charge in [0.15, 0.2) is 0 Å². The van der Waals surface area contributed by atoms with Gasteiger partial charge in [0.1, 0.15) is 0 Å². The average molecular weight is 272 g/mol. The molecule has 6 nitrogen and oxygen atoms in total. The van der Waals surface area contributed by atoms with Gasteiger partial charge in [0.25, 0.3) is 0 Å². The Morgan fingerprint density at radius 3 is 2.17 bits per heavy atom. The Bertz CT molecular complexity index is 312. The minimum Gasteiger partial charge on any atom is -0.392 e. The minimum absolute atomic E-state index is 0.133. The molecule has 0 aromatic heterocycles. The Balaban J connectivity index is 1.78. The fourth-order valence-corrected chi connectivity index (χ4v) is 2.45. The highest BCUT2D eigenvalue weighted by atomic mass is 32.1. The first-order valence-corrected chi connectivity index (χ1v) is 6.70. The molecular formula is C11H20N4O2S. The van der Waals surface area contributed by atoms with Crippen molar-refractivity contribution in [2.75, 3.05) is 59.0 Å². The number of morpholine rings is 1. The molecule has 7 heteroatoms. The number of piperazine rings is 1. The molecule has 0 spiro atoms. The summed E-state index contributed by atoms with van der Waals surface area (Å²) in [6.07, 6.45) is 0. The highest BCUT2D eigenvalue weighted by Gasteiger charge is 2.26. The lowest BCUT2D eigenvalue weighted by Gasteiger charge is -2.38. The quantitative estimate of drug-likeness (QED) is 0.676. The maximum absolute atomic E-state index is 12.2. The minimum atomic E-state index is 0.133. The largest absolute Gasteiger partial charge is 0.392 e. The molecule has 0 bridgehead atoms. The van der Waals surface area contributed by atoms with Gasteiger partial charge in [-0.15, -0.1) is 0 Å². The first-order chi connectivity index (χ1) is 8.66. The number of rotatable bonds is 2. The van der Waals surface area contributed by atoms with Crippen LogP contribution in [0.3, 0.4) is 0 Å². The number of thiocarbonyl (C=S) groups is 1. The number of carbonyl (C=O) groups excluding carboxylic acids is 1. The van der Waals surface area contributed by atoms with Crippen LogP contribution in [0.15, 0.2) is 0 Å². The van der Waals surface area contributed by atoms with Gasteiger partial charge in [-0.1, -0.05) is 12.2 Å². The molecule has 2 rings (SSSR count). The Morgan fingerprint density at radius 1 is 1.06 bits per heavy atom. The van der Waals surface area contributed by atoms with E-state index in [1.165, 1.54) is 0 Å². The van der Waals surface area contributed by atoms with Gasteiger partial charge in [0.2, 0.25) is 0 Å². The van der Waals surface area contributed by atoms with Crippen LogP contribution in [0.4, 0.5) is 4.79 Å². The number of ether oxygens (including phenoxy) is 1. The summed E-state index contributed by atoms with van der Waals surface area (Å²) in [6.45, 7) is 6.52. The number of nitrogens with zero attached hydrogens (tertiary/aromatic N) is 3. The Hall–Kier alpha value is -0.920. The summed E-state index contributed by atoms with van der Waals surface area (Å²) in [5.74, 6) is 0. The topological polar surface area (TPSA) is 62.0 Å². The first kappa shape index (κ1) is 13.5. The molecular weight excluding hydrogens is 252 g/mol. The van der Waals surface area contributed by atoms with E-state index in [-0.39, 0.29) is 6.03 Å². The number of hydrogen-bond acceptors (Lipinski definition) is 4. The van der Waals surface area contributed by atoms with Gasteiger partial charge in [0.05, 0.1) is 18.2 Å². The van der Waals surface area contributed by atoms with E-state index in [2.05, 4.69) is 4.90 Å². The van der Waals surface area contributed by atoms with Crippen LogP contribution in [-0.4, -0.2) is 84.7 Å². The molecule has 0 aromatic carbocycles. The Labute approximate surface area is 113 Å². The molecule has 2 saturated heterocycles. The highest BCUT2D eigenvalue weighted by molar-refractivity contribution is 7.80. The number of hydrogen-bond donors (Lipinski definition) is 1. The zero-order chi connectivity index (χ0) is 13.0. The third-order valence-corrected chi connectivity index (χ3v) is 3.43. The number of carbonyl (C=O) groups is 1. The normalized spacial score (nSPS) is 22.0. The lowest BCUT2D eigenvalue weighted by molar-refractivity contribution is 0.0384. The molecule has 0 saturated carbocycles. The fourth-order valence-electron chi connectivity index (χ4n) is 2.27. The van der Waals surface area contributed by atoms with E-state index in [0.29, 0.717) is 37.8 Å². The fraction of sp³-hybridized carbons (Fsp3) is 0.818. The molecule has 102 valence electrons. The lowest BCUT2D eigenvalue weighted by atomic mass is 10.3. The predicted octanol–water partition coefficient (Wildman–Crippen LogP) is -0.658. The van der Waals surface area contributed by atoms with Crippen LogP contribution < -0.4 is 5.73 Å². The molecule has 18 heavy (non-hydrogen) atoms. The van der Waals surface area contributed by atoms with Crippen molar-refractivity contribution in [3.8, 4) is 0 Å². The summed E-state index contributed by atoms with van der Waals surface area (Å²) in [6, 6.07) is 0.133. The molecule has 2 N–H and O–H groups in total. The summed E-state index contributed by atoms with van der Waals surface area (Å²) in [4.78, 5) is 18.7. The van der Waals surface area contributed by atoms with Crippen molar-refractivity contribution in [2.24, 2.45) is 5.73 Å². The second-order valence-electron chi connectivity index (χ2n) is 4.61. The van der Waals surface area contributed by atoms with E-state index >= 15 is 0 Å². The molecule has 2 aliphatic heterocycles. The zero-order valence-corrected chi connectivity index (χ0v) is 11.3. The van der Waals surface area contributed by atoms with Crippen LogP contribution in [0, 0.1) is 0 Å². The summed E-state index contributed by atoms with van der Waals surface area (Å²) < 4.78 is 5.25. The maximum atomic E-state index is 12.2. The van der Waals surface area contributed by atoms with Crippen molar-refractivity contribution in [3.63, 3.8) is 0 Å². The van der Waals surface area contributed by atoms with Crippen molar-refractivity contribution >= 4 is 23.2 Å². The second-order valence-corrected chi connectivity index (χ2v) is 5.14. The zero-order valence-electron chi connectivity index (χ0n) is 10.5. The van der Waals surface area contributed by atoms with Crippen LogP contribution in [0.25, 0.3) is 0 Å². The third kappa shape index (κ3) is 3.54. The number of amides is 2. The van der Waals surface area contributed by atoms with E-state index in [9.17, 15) is 4.79 Å². The maximum Gasteiger partial charge on any atom is 0.320 e. The molecule has 0 radical (unpaired) electrons. The van der Waals surface area contributed by atoms with Crippen LogP contribution >= 0.6 is 12.2 Å². The molecule has 2 heterocycles. The smallest absolute Gasteiger partial charge is 0.320 e. The molecule has 0 aliphatic carbocycles. The lowest BCUT2D eigenvalue weighted by Crippen LogP contribution is -2.55. The molecule has 2 aliphatic rings. The van der Waals surface area contributed by atoms with Crippen molar-refractivity contribution < 1.29 is 9.53 Å². The summed E-state index contributed by atoms with van der Waals surface area (Å²) >= 11 is 4.89. The van der Waals surface area contributed by atoms with Crippen LogP contribution in [0.2, 0.25) is 0 Å². The van der Waals surface area contributed by atoms with Gasteiger partial charge in [-0.2, -0.15) is 0 Å². The van der Waals surface area contributed by atoms with E-state index < -0.39 is 0 Å². The highest BCUT2D eigenvalue weighted by Crippen LogP contribution is 2.07. The summed E-state index contributed by atoms with van der Waals surface area (Å²) in [5, 5.41) is 0. The van der Waals surface area contributed by atoms with Gasteiger partial charge in [0, 0.05) is 45.8 Å². The average Bonchev–Trinajstić information content (AvgIpc) is 2.39. The molecule has 0 unspecified atom stereocenters. The summed E-state index contributed by atoms with van der Waals surface area (Å²) in [5.41, 5.74) is 5.52. The summed E-state index contributed by atoms with van der Waals surface area (Å²) in [7, 11) is 0. The Morgan fingerprint density at radius 2 is 1.61 bits per heavy atom. The van der Waals surface area contributed by atoms with Gasteiger partial charge in [-0.25, -0.2) is 4.79 Å². The molecule has 2 amide bonds. The second kappa shape index (κ2) is 6.31. The van der Waals surface area contributed by atoms with Crippen LogP contribution in [0.1, 0.15) is 0 Å². The SMILES string of the molecule is NC(=S)CN1CCN(C(=O)N2CCOCC2)CC1. The Kier molecular flexibility index (Phi) is 4.73. The van der Waals surface area contributed by atoms with E-state index in [1.54, 1.807) is 0 Å². The van der Waals surface area contributed by atoms with E-state index in [0.717, 1.165) is 26.2 Å².